The molecule has 0 radical (unpaired) electrons. The number of aliphatic hydroxyl groups excluding tert-OH is 1. The zero-order valence-corrected chi connectivity index (χ0v) is 11.8. The van der Waals surface area contributed by atoms with E-state index in [1.165, 1.54) is 25.7 Å². The van der Waals surface area contributed by atoms with Crippen molar-refractivity contribution in [2.45, 2.75) is 59.0 Å². The third-order valence-corrected chi connectivity index (χ3v) is 2.95. The molecule has 0 heterocycles. The lowest BCUT2D eigenvalue weighted by atomic mass is 10.0. The largest absolute Gasteiger partial charge is 0.396 e. The van der Waals surface area contributed by atoms with Crippen LogP contribution in [0.15, 0.2) is 0 Å². The summed E-state index contributed by atoms with van der Waals surface area (Å²) in [6.07, 6.45) is 5.86. The molecule has 0 aliphatic heterocycles. The summed E-state index contributed by atoms with van der Waals surface area (Å²) in [6.45, 7) is 8.80. The minimum atomic E-state index is 0.130. The fourth-order valence-corrected chi connectivity index (χ4v) is 1.70. The average Bonchev–Trinajstić information content (AvgIpc) is 2.34. The Hall–Kier alpha value is -0.120. The predicted molar refractivity (Wildman–Crippen MR) is 71.2 cm³/mol. The fraction of sp³-hybridized carbons (Fsp3) is 1.00. The molecule has 1 N–H and O–H groups in total. The lowest BCUT2D eigenvalue weighted by Gasteiger charge is -2.17. The van der Waals surface area contributed by atoms with Crippen LogP contribution in [0.2, 0.25) is 0 Å². The van der Waals surface area contributed by atoms with Crippen molar-refractivity contribution >= 4 is 0 Å². The molecule has 0 fully saturated rings. The molecular formula is C14H30O3. The molecule has 0 rings (SSSR count). The molecular weight excluding hydrogens is 216 g/mol. The maximum Gasteiger partial charge on any atom is 0.0780 e. The zero-order chi connectivity index (χ0) is 12.9. The molecule has 2 atom stereocenters. The van der Waals surface area contributed by atoms with Crippen LogP contribution in [0.3, 0.4) is 0 Å². The molecule has 0 aromatic heterocycles. The minimum absolute atomic E-state index is 0.130. The van der Waals surface area contributed by atoms with Crippen LogP contribution in [0.25, 0.3) is 0 Å². The number of hydrogen-bond donors (Lipinski definition) is 1. The topological polar surface area (TPSA) is 38.7 Å². The third kappa shape index (κ3) is 10.7. The Labute approximate surface area is 107 Å². The highest BCUT2D eigenvalue weighted by Crippen LogP contribution is 2.13. The van der Waals surface area contributed by atoms with Gasteiger partial charge in [-0.2, -0.15) is 0 Å². The SMILES string of the molecule is CCCCC(CC)COCC(C)OCCCO. The van der Waals surface area contributed by atoms with Crippen LogP contribution in [0.1, 0.15) is 52.9 Å². The van der Waals surface area contributed by atoms with Gasteiger partial charge in [0, 0.05) is 19.8 Å². The van der Waals surface area contributed by atoms with Gasteiger partial charge in [-0.3, -0.25) is 0 Å². The second-order valence-electron chi connectivity index (χ2n) is 4.71. The van der Waals surface area contributed by atoms with E-state index in [9.17, 15) is 0 Å². The summed E-state index contributed by atoms with van der Waals surface area (Å²) in [5.41, 5.74) is 0. The van der Waals surface area contributed by atoms with Crippen LogP contribution in [-0.4, -0.2) is 37.6 Å². The minimum Gasteiger partial charge on any atom is -0.396 e. The molecule has 0 aromatic carbocycles. The Morgan fingerprint density at radius 3 is 2.47 bits per heavy atom. The van der Waals surface area contributed by atoms with Gasteiger partial charge >= 0.3 is 0 Å². The van der Waals surface area contributed by atoms with Gasteiger partial charge in [0.05, 0.1) is 12.7 Å². The van der Waals surface area contributed by atoms with Crippen LogP contribution in [0.5, 0.6) is 0 Å². The van der Waals surface area contributed by atoms with Crippen molar-refractivity contribution < 1.29 is 14.6 Å². The first-order valence-electron chi connectivity index (χ1n) is 7.04. The summed E-state index contributed by atoms with van der Waals surface area (Å²) >= 11 is 0. The highest BCUT2D eigenvalue weighted by molar-refractivity contribution is 4.57. The molecule has 17 heavy (non-hydrogen) atoms. The monoisotopic (exact) mass is 246 g/mol. The Morgan fingerprint density at radius 1 is 1.12 bits per heavy atom. The Morgan fingerprint density at radius 2 is 1.88 bits per heavy atom. The maximum absolute atomic E-state index is 8.63. The third-order valence-electron chi connectivity index (χ3n) is 2.95. The van der Waals surface area contributed by atoms with E-state index in [2.05, 4.69) is 13.8 Å². The average molecular weight is 246 g/mol. The molecule has 0 aliphatic carbocycles. The van der Waals surface area contributed by atoms with Crippen LogP contribution in [-0.2, 0) is 9.47 Å². The smallest absolute Gasteiger partial charge is 0.0780 e. The Balaban J connectivity index is 3.45. The molecule has 0 amide bonds. The number of rotatable bonds is 12. The first kappa shape index (κ1) is 16.9. The van der Waals surface area contributed by atoms with E-state index >= 15 is 0 Å². The van der Waals surface area contributed by atoms with Crippen molar-refractivity contribution in [2.75, 3.05) is 26.4 Å². The maximum atomic E-state index is 8.63. The standard InChI is InChI=1S/C14H30O3/c1-4-6-8-14(5-2)12-16-11-13(3)17-10-7-9-15/h13-15H,4-12H2,1-3H3. The van der Waals surface area contributed by atoms with Gasteiger partial charge < -0.3 is 14.6 Å². The summed E-state index contributed by atoms with van der Waals surface area (Å²) in [7, 11) is 0. The van der Waals surface area contributed by atoms with E-state index in [1.807, 2.05) is 6.92 Å². The van der Waals surface area contributed by atoms with Crippen molar-refractivity contribution in [1.82, 2.24) is 0 Å². The first-order chi connectivity index (χ1) is 8.24. The fourth-order valence-electron chi connectivity index (χ4n) is 1.70. The second kappa shape index (κ2) is 12.3. The van der Waals surface area contributed by atoms with E-state index in [0.29, 0.717) is 25.6 Å². The van der Waals surface area contributed by atoms with Gasteiger partial charge in [0.2, 0.25) is 0 Å². The lowest BCUT2D eigenvalue weighted by Crippen LogP contribution is -2.20. The molecule has 0 saturated carbocycles. The summed E-state index contributed by atoms with van der Waals surface area (Å²) < 4.78 is 11.2. The van der Waals surface area contributed by atoms with Crippen LogP contribution >= 0.6 is 0 Å². The summed E-state index contributed by atoms with van der Waals surface area (Å²) in [5, 5.41) is 8.63. The van der Waals surface area contributed by atoms with Crippen molar-refractivity contribution in [3.05, 3.63) is 0 Å². The van der Waals surface area contributed by atoms with E-state index < -0.39 is 0 Å². The van der Waals surface area contributed by atoms with Gasteiger partial charge in [-0.1, -0.05) is 33.1 Å². The molecule has 3 heteroatoms. The number of ether oxygens (including phenoxy) is 2. The summed E-state index contributed by atoms with van der Waals surface area (Å²) in [5.74, 6) is 0.694. The first-order valence-corrected chi connectivity index (χ1v) is 7.04. The molecule has 0 saturated heterocycles. The molecule has 3 nitrogen and oxygen atoms in total. The van der Waals surface area contributed by atoms with Crippen molar-refractivity contribution in [2.24, 2.45) is 5.92 Å². The lowest BCUT2D eigenvalue weighted by molar-refractivity contribution is -0.0200. The van der Waals surface area contributed by atoms with E-state index in [4.69, 9.17) is 14.6 Å². The highest BCUT2D eigenvalue weighted by atomic mass is 16.5. The molecule has 104 valence electrons. The van der Waals surface area contributed by atoms with Crippen molar-refractivity contribution in [1.29, 1.82) is 0 Å². The molecule has 0 spiro atoms. The summed E-state index contributed by atoms with van der Waals surface area (Å²) in [6, 6.07) is 0. The number of hydrogen-bond acceptors (Lipinski definition) is 3. The van der Waals surface area contributed by atoms with E-state index in [0.717, 1.165) is 6.61 Å². The predicted octanol–water partition coefficient (Wildman–Crippen LogP) is 3.01. The molecule has 2 unspecified atom stereocenters. The second-order valence-corrected chi connectivity index (χ2v) is 4.71. The van der Waals surface area contributed by atoms with Gasteiger partial charge in [0.25, 0.3) is 0 Å². The van der Waals surface area contributed by atoms with Crippen LogP contribution in [0.4, 0.5) is 0 Å². The molecule has 0 bridgehead atoms. The highest BCUT2D eigenvalue weighted by Gasteiger charge is 2.08. The van der Waals surface area contributed by atoms with Crippen LogP contribution < -0.4 is 0 Å². The van der Waals surface area contributed by atoms with Gasteiger partial charge in [-0.05, 0) is 25.7 Å². The zero-order valence-electron chi connectivity index (χ0n) is 11.8. The quantitative estimate of drug-likeness (QED) is 0.538. The van der Waals surface area contributed by atoms with Crippen LogP contribution in [0, 0.1) is 5.92 Å². The number of unbranched alkanes of at least 4 members (excludes halogenated alkanes) is 1. The number of aliphatic hydroxyl groups is 1. The van der Waals surface area contributed by atoms with Gasteiger partial charge in [-0.25, -0.2) is 0 Å². The van der Waals surface area contributed by atoms with Gasteiger partial charge in [0.1, 0.15) is 0 Å². The van der Waals surface area contributed by atoms with Gasteiger partial charge in [-0.15, -0.1) is 0 Å². The van der Waals surface area contributed by atoms with Crippen molar-refractivity contribution in [3.63, 3.8) is 0 Å². The van der Waals surface area contributed by atoms with E-state index in [-0.39, 0.29) is 12.7 Å². The Bertz CT molecular complexity index is 150. The molecule has 0 aromatic rings. The normalized spacial score (nSPS) is 14.8. The summed E-state index contributed by atoms with van der Waals surface area (Å²) in [4.78, 5) is 0. The Kier molecular flexibility index (Phi) is 12.3. The van der Waals surface area contributed by atoms with Gasteiger partial charge in [0.15, 0.2) is 0 Å². The molecule has 0 aliphatic rings. The van der Waals surface area contributed by atoms with E-state index in [1.54, 1.807) is 0 Å². The van der Waals surface area contributed by atoms with Crippen molar-refractivity contribution in [3.8, 4) is 0 Å².